The van der Waals surface area contributed by atoms with Gasteiger partial charge in [0.05, 0.1) is 12.5 Å². The standard InChI is InChI=1S/C17H21N3O3/c1-19-6-2-3-15(17(19)22)16(21)18-9-13-4-7-20(10-13)11-14-5-8-23-12-14/h2-3,5-6,8,12-13H,4,7,9-11H2,1H3,(H,18,21). The maximum atomic E-state index is 12.2. The molecule has 1 unspecified atom stereocenters. The van der Waals surface area contributed by atoms with Crippen LogP contribution >= 0.6 is 0 Å². The average molecular weight is 315 g/mol. The smallest absolute Gasteiger partial charge is 0.263 e. The summed E-state index contributed by atoms with van der Waals surface area (Å²) in [6.45, 7) is 3.43. The molecule has 0 radical (unpaired) electrons. The van der Waals surface area contributed by atoms with Crippen molar-refractivity contribution in [1.82, 2.24) is 14.8 Å². The van der Waals surface area contributed by atoms with Crippen LogP contribution < -0.4 is 10.9 Å². The Morgan fingerprint density at radius 3 is 3.09 bits per heavy atom. The second-order valence-electron chi connectivity index (χ2n) is 6.07. The number of amides is 1. The molecule has 23 heavy (non-hydrogen) atoms. The van der Waals surface area contributed by atoms with Crippen molar-refractivity contribution in [3.63, 3.8) is 0 Å². The van der Waals surface area contributed by atoms with Gasteiger partial charge >= 0.3 is 0 Å². The molecule has 6 heteroatoms. The molecule has 0 bridgehead atoms. The third-order valence-electron chi connectivity index (χ3n) is 4.28. The summed E-state index contributed by atoms with van der Waals surface area (Å²) in [4.78, 5) is 26.4. The third-order valence-corrected chi connectivity index (χ3v) is 4.28. The number of rotatable bonds is 5. The van der Waals surface area contributed by atoms with E-state index in [-0.39, 0.29) is 17.0 Å². The van der Waals surface area contributed by atoms with E-state index in [0.717, 1.165) is 26.1 Å². The molecule has 2 aromatic rings. The molecule has 0 saturated carbocycles. The van der Waals surface area contributed by atoms with Crippen molar-refractivity contribution in [3.05, 3.63) is 58.4 Å². The number of carbonyl (C=O) groups is 1. The zero-order valence-electron chi connectivity index (χ0n) is 13.2. The maximum absolute atomic E-state index is 12.2. The van der Waals surface area contributed by atoms with Gasteiger partial charge in [0.15, 0.2) is 0 Å². The Hall–Kier alpha value is -2.34. The van der Waals surface area contributed by atoms with Gasteiger partial charge < -0.3 is 14.3 Å². The van der Waals surface area contributed by atoms with Gasteiger partial charge in [-0.25, -0.2) is 0 Å². The Balaban J connectivity index is 1.50. The van der Waals surface area contributed by atoms with Crippen LogP contribution in [0.25, 0.3) is 0 Å². The predicted molar refractivity (Wildman–Crippen MR) is 86.1 cm³/mol. The highest BCUT2D eigenvalue weighted by atomic mass is 16.3. The molecule has 122 valence electrons. The fourth-order valence-electron chi connectivity index (χ4n) is 2.97. The topological polar surface area (TPSA) is 67.5 Å². The first-order chi connectivity index (χ1) is 11.1. The van der Waals surface area contributed by atoms with Crippen molar-refractivity contribution in [2.45, 2.75) is 13.0 Å². The van der Waals surface area contributed by atoms with Crippen LogP contribution in [-0.4, -0.2) is 35.0 Å². The number of aryl methyl sites for hydroxylation is 1. The molecule has 1 atom stereocenters. The van der Waals surface area contributed by atoms with Crippen molar-refractivity contribution < 1.29 is 9.21 Å². The van der Waals surface area contributed by atoms with Crippen molar-refractivity contribution in [2.24, 2.45) is 13.0 Å². The molecule has 6 nitrogen and oxygen atoms in total. The van der Waals surface area contributed by atoms with Gasteiger partial charge in [-0.3, -0.25) is 14.5 Å². The van der Waals surface area contributed by atoms with E-state index in [9.17, 15) is 9.59 Å². The summed E-state index contributed by atoms with van der Waals surface area (Å²) in [7, 11) is 1.64. The highest BCUT2D eigenvalue weighted by molar-refractivity contribution is 5.93. The Labute approximate surface area is 134 Å². The quantitative estimate of drug-likeness (QED) is 0.901. The van der Waals surface area contributed by atoms with Gasteiger partial charge in [-0.05, 0) is 37.1 Å². The molecule has 2 aromatic heterocycles. The van der Waals surface area contributed by atoms with E-state index >= 15 is 0 Å². The van der Waals surface area contributed by atoms with Crippen molar-refractivity contribution in [3.8, 4) is 0 Å². The van der Waals surface area contributed by atoms with E-state index in [1.165, 1.54) is 10.1 Å². The Morgan fingerprint density at radius 1 is 1.43 bits per heavy atom. The summed E-state index contributed by atoms with van der Waals surface area (Å²) in [5, 5.41) is 2.89. The SMILES string of the molecule is Cn1cccc(C(=O)NCC2CCN(Cc3ccoc3)C2)c1=O. The van der Waals surface area contributed by atoms with Gasteiger partial charge in [0, 0.05) is 38.4 Å². The number of hydrogen-bond acceptors (Lipinski definition) is 4. The lowest BCUT2D eigenvalue weighted by molar-refractivity contribution is 0.0945. The Bertz CT molecular complexity index is 721. The van der Waals surface area contributed by atoms with Gasteiger partial charge in [0.2, 0.25) is 0 Å². The number of nitrogens with zero attached hydrogens (tertiary/aromatic N) is 2. The molecule has 3 heterocycles. The third kappa shape index (κ3) is 3.71. The van der Waals surface area contributed by atoms with Crippen LogP contribution in [-0.2, 0) is 13.6 Å². The largest absolute Gasteiger partial charge is 0.472 e. The van der Waals surface area contributed by atoms with Gasteiger partial charge in [-0.1, -0.05) is 0 Å². The van der Waals surface area contributed by atoms with E-state index in [2.05, 4.69) is 10.2 Å². The molecule has 1 aliphatic rings. The summed E-state index contributed by atoms with van der Waals surface area (Å²) in [5.74, 6) is 0.123. The van der Waals surface area contributed by atoms with E-state index in [4.69, 9.17) is 4.42 Å². The summed E-state index contributed by atoms with van der Waals surface area (Å²) in [5.41, 5.74) is 1.10. The zero-order chi connectivity index (χ0) is 16.2. The van der Waals surface area contributed by atoms with E-state index in [1.807, 2.05) is 6.07 Å². The number of likely N-dealkylation sites (tertiary alicyclic amines) is 1. The van der Waals surface area contributed by atoms with E-state index in [0.29, 0.717) is 12.5 Å². The number of carbonyl (C=O) groups excluding carboxylic acids is 1. The van der Waals surface area contributed by atoms with Crippen LogP contribution in [0, 0.1) is 5.92 Å². The summed E-state index contributed by atoms with van der Waals surface area (Å²) in [6.07, 6.45) is 6.14. The van der Waals surface area contributed by atoms with Crippen LogP contribution in [0.5, 0.6) is 0 Å². The number of hydrogen-bond donors (Lipinski definition) is 1. The number of pyridine rings is 1. The molecule has 3 rings (SSSR count). The lowest BCUT2D eigenvalue weighted by Gasteiger charge is -2.15. The van der Waals surface area contributed by atoms with Crippen LogP contribution in [0.15, 0.2) is 46.1 Å². The van der Waals surface area contributed by atoms with Crippen molar-refractivity contribution in [1.29, 1.82) is 0 Å². The van der Waals surface area contributed by atoms with Gasteiger partial charge in [0.25, 0.3) is 11.5 Å². The average Bonchev–Trinajstić information content (AvgIpc) is 3.20. The normalized spacial score (nSPS) is 18.2. The molecule has 1 saturated heterocycles. The zero-order valence-corrected chi connectivity index (χ0v) is 13.2. The minimum absolute atomic E-state index is 0.197. The lowest BCUT2D eigenvalue weighted by atomic mass is 10.1. The molecule has 1 fully saturated rings. The van der Waals surface area contributed by atoms with Gasteiger partial charge in [-0.2, -0.15) is 0 Å². The highest BCUT2D eigenvalue weighted by Gasteiger charge is 2.23. The van der Waals surface area contributed by atoms with Crippen molar-refractivity contribution in [2.75, 3.05) is 19.6 Å². The molecule has 1 amide bonds. The fraction of sp³-hybridized carbons (Fsp3) is 0.412. The lowest BCUT2D eigenvalue weighted by Crippen LogP contribution is -2.35. The van der Waals surface area contributed by atoms with Crippen LogP contribution in [0.1, 0.15) is 22.3 Å². The molecule has 1 N–H and O–H groups in total. The maximum Gasteiger partial charge on any atom is 0.263 e. The summed E-state index contributed by atoms with van der Waals surface area (Å²) >= 11 is 0. The Morgan fingerprint density at radius 2 is 2.30 bits per heavy atom. The monoisotopic (exact) mass is 315 g/mol. The highest BCUT2D eigenvalue weighted by Crippen LogP contribution is 2.18. The molecule has 0 aliphatic carbocycles. The predicted octanol–water partition coefficient (Wildman–Crippen LogP) is 1.23. The first-order valence-electron chi connectivity index (χ1n) is 7.81. The summed E-state index contributed by atoms with van der Waals surface area (Å²) < 4.78 is 6.50. The first-order valence-corrected chi connectivity index (χ1v) is 7.81. The van der Waals surface area contributed by atoms with E-state index in [1.54, 1.807) is 37.9 Å². The first kappa shape index (κ1) is 15.6. The van der Waals surface area contributed by atoms with Gasteiger partial charge in [-0.15, -0.1) is 0 Å². The fourth-order valence-corrected chi connectivity index (χ4v) is 2.97. The minimum atomic E-state index is -0.292. The molecule has 1 aliphatic heterocycles. The minimum Gasteiger partial charge on any atom is -0.472 e. The molecule has 0 spiro atoms. The second kappa shape index (κ2) is 6.83. The Kier molecular flexibility index (Phi) is 4.62. The van der Waals surface area contributed by atoms with Gasteiger partial charge in [0.1, 0.15) is 5.56 Å². The number of aromatic nitrogens is 1. The number of nitrogens with one attached hydrogen (secondary N) is 1. The van der Waals surface area contributed by atoms with Crippen LogP contribution in [0.2, 0.25) is 0 Å². The second-order valence-corrected chi connectivity index (χ2v) is 6.07. The van der Waals surface area contributed by atoms with Crippen molar-refractivity contribution >= 4 is 5.91 Å². The van der Waals surface area contributed by atoms with E-state index < -0.39 is 0 Å². The van der Waals surface area contributed by atoms with Crippen LogP contribution in [0.3, 0.4) is 0 Å². The molecular formula is C17H21N3O3. The van der Waals surface area contributed by atoms with Crippen LogP contribution in [0.4, 0.5) is 0 Å². The number of furan rings is 1. The molecular weight excluding hydrogens is 294 g/mol. The summed E-state index contributed by atoms with van der Waals surface area (Å²) in [6, 6.07) is 5.25. The molecule has 0 aromatic carbocycles.